The number of nitrogens with zero attached hydrogens (tertiary/aromatic N) is 3. The number of aromatic nitrogens is 2. The topological polar surface area (TPSA) is 69.3 Å². The fourth-order valence-corrected chi connectivity index (χ4v) is 5.39. The van der Waals surface area contributed by atoms with E-state index in [-0.39, 0.29) is 0 Å². The lowest BCUT2D eigenvalue weighted by Crippen LogP contribution is -2.25. The van der Waals surface area contributed by atoms with Gasteiger partial charge in [0.15, 0.2) is 0 Å². The standard InChI is InChI=1S/C18H18N4O2S2/c1-21(2)15-8-9-19-18-17(15)13-11-12(6-7-14(13)20-18)22(3)26(23,24)16-5-4-10-25-16/h4-11H,1-3H3,(H,19,20). The zero-order chi connectivity index (χ0) is 18.5. The van der Waals surface area contributed by atoms with E-state index in [9.17, 15) is 8.42 Å². The molecule has 0 spiro atoms. The predicted octanol–water partition coefficient (Wildman–Crippen LogP) is 3.67. The molecule has 3 heterocycles. The first-order valence-electron chi connectivity index (χ1n) is 8.00. The Morgan fingerprint density at radius 1 is 1.12 bits per heavy atom. The van der Waals surface area contributed by atoms with Crippen LogP contribution in [0.4, 0.5) is 11.4 Å². The number of hydrogen-bond donors (Lipinski definition) is 1. The summed E-state index contributed by atoms with van der Waals surface area (Å²) >= 11 is 1.21. The molecule has 0 fully saturated rings. The normalized spacial score (nSPS) is 12.0. The highest BCUT2D eigenvalue weighted by atomic mass is 32.2. The second kappa shape index (κ2) is 6.00. The van der Waals surface area contributed by atoms with Crippen LogP contribution >= 0.6 is 11.3 Å². The third-order valence-electron chi connectivity index (χ3n) is 4.41. The van der Waals surface area contributed by atoms with Crippen molar-refractivity contribution in [1.82, 2.24) is 9.97 Å². The minimum Gasteiger partial charge on any atom is -0.377 e. The summed E-state index contributed by atoms with van der Waals surface area (Å²) in [6.07, 6.45) is 1.77. The summed E-state index contributed by atoms with van der Waals surface area (Å²) in [7, 11) is 1.97. The van der Waals surface area contributed by atoms with Crippen LogP contribution in [-0.2, 0) is 10.0 Å². The zero-order valence-electron chi connectivity index (χ0n) is 14.6. The lowest BCUT2D eigenvalue weighted by molar-refractivity contribution is 0.596. The molecule has 0 radical (unpaired) electrons. The summed E-state index contributed by atoms with van der Waals surface area (Å²) in [6, 6.07) is 10.9. The number of H-pyrrole nitrogens is 1. The van der Waals surface area contributed by atoms with Crippen molar-refractivity contribution in [1.29, 1.82) is 0 Å². The van der Waals surface area contributed by atoms with Crippen LogP contribution in [0.25, 0.3) is 21.9 Å². The fourth-order valence-electron chi connectivity index (χ4n) is 3.04. The maximum absolute atomic E-state index is 12.8. The van der Waals surface area contributed by atoms with E-state index < -0.39 is 10.0 Å². The molecular formula is C18H18N4O2S2. The Kier molecular flexibility index (Phi) is 3.89. The van der Waals surface area contributed by atoms with Crippen molar-refractivity contribution in [2.75, 3.05) is 30.3 Å². The molecule has 6 nitrogen and oxygen atoms in total. The van der Waals surface area contributed by atoms with E-state index >= 15 is 0 Å². The minimum absolute atomic E-state index is 0.328. The Labute approximate surface area is 155 Å². The molecule has 0 aliphatic carbocycles. The summed E-state index contributed by atoms with van der Waals surface area (Å²) in [6.45, 7) is 0. The lowest BCUT2D eigenvalue weighted by Gasteiger charge is -2.19. The lowest BCUT2D eigenvalue weighted by atomic mass is 10.1. The number of fused-ring (bicyclic) bond motifs is 3. The Hall–Kier alpha value is -2.58. The van der Waals surface area contributed by atoms with Crippen LogP contribution in [0.15, 0.2) is 52.2 Å². The van der Waals surface area contributed by atoms with Gasteiger partial charge in [-0.15, -0.1) is 11.3 Å². The number of benzene rings is 1. The molecule has 4 rings (SSSR count). The number of pyridine rings is 1. The highest BCUT2D eigenvalue weighted by Crippen LogP contribution is 2.35. The second-order valence-electron chi connectivity index (χ2n) is 6.21. The molecule has 3 aromatic heterocycles. The number of thiophene rings is 1. The molecule has 0 unspecified atom stereocenters. The van der Waals surface area contributed by atoms with Gasteiger partial charge in [-0.2, -0.15) is 0 Å². The largest absolute Gasteiger partial charge is 0.377 e. The summed E-state index contributed by atoms with van der Waals surface area (Å²) in [5, 5.41) is 3.69. The van der Waals surface area contributed by atoms with Crippen LogP contribution < -0.4 is 9.21 Å². The summed E-state index contributed by atoms with van der Waals surface area (Å²) in [5.41, 5.74) is 3.35. The van der Waals surface area contributed by atoms with Gasteiger partial charge < -0.3 is 9.88 Å². The van der Waals surface area contributed by atoms with Gasteiger partial charge in [0.2, 0.25) is 0 Å². The first-order chi connectivity index (χ1) is 12.4. The van der Waals surface area contributed by atoms with Gasteiger partial charge in [0.05, 0.1) is 5.69 Å². The van der Waals surface area contributed by atoms with E-state index in [1.807, 2.05) is 37.2 Å². The number of rotatable bonds is 4. The number of sulfonamides is 1. The average molecular weight is 387 g/mol. The monoisotopic (exact) mass is 386 g/mol. The van der Waals surface area contributed by atoms with Crippen LogP contribution in [0.3, 0.4) is 0 Å². The molecule has 0 saturated carbocycles. The van der Waals surface area contributed by atoms with Gasteiger partial charge in [0.25, 0.3) is 10.0 Å². The molecule has 26 heavy (non-hydrogen) atoms. The molecular weight excluding hydrogens is 368 g/mol. The van der Waals surface area contributed by atoms with Gasteiger partial charge in [-0.25, -0.2) is 13.4 Å². The molecule has 0 aliphatic heterocycles. The van der Waals surface area contributed by atoms with E-state index in [0.717, 1.165) is 27.6 Å². The smallest absolute Gasteiger partial charge is 0.273 e. The molecule has 0 aliphatic rings. The SMILES string of the molecule is CN(C)c1ccnc2[nH]c3ccc(N(C)S(=O)(=O)c4cccs4)cc3c12. The van der Waals surface area contributed by atoms with Gasteiger partial charge in [0.1, 0.15) is 9.86 Å². The third kappa shape index (κ3) is 2.53. The third-order valence-corrected chi connectivity index (χ3v) is 7.57. The van der Waals surface area contributed by atoms with Crippen molar-refractivity contribution in [3.63, 3.8) is 0 Å². The Bertz CT molecular complexity index is 1190. The highest BCUT2D eigenvalue weighted by Gasteiger charge is 2.23. The molecule has 8 heteroatoms. The maximum Gasteiger partial charge on any atom is 0.273 e. The molecule has 0 saturated heterocycles. The van der Waals surface area contributed by atoms with E-state index in [2.05, 4.69) is 9.97 Å². The van der Waals surface area contributed by atoms with Crippen LogP contribution in [0.1, 0.15) is 0 Å². The first kappa shape index (κ1) is 16.9. The molecule has 4 aromatic rings. The van der Waals surface area contributed by atoms with Crippen molar-refractivity contribution in [3.8, 4) is 0 Å². The highest BCUT2D eigenvalue weighted by molar-refractivity contribution is 7.94. The fraction of sp³-hybridized carbons (Fsp3) is 0.167. The van der Waals surface area contributed by atoms with Crippen LogP contribution in [-0.4, -0.2) is 39.5 Å². The second-order valence-corrected chi connectivity index (χ2v) is 9.35. The van der Waals surface area contributed by atoms with E-state index in [4.69, 9.17) is 0 Å². The van der Waals surface area contributed by atoms with Crippen LogP contribution in [0, 0.1) is 0 Å². The Morgan fingerprint density at radius 3 is 2.62 bits per heavy atom. The van der Waals surface area contributed by atoms with E-state index in [1.54, 1.807) is 36.8 Å². The van der Waals surface area contributed by atoms with Crippen molar-refractivity contribution >= 4 is 54.7 Å². The predicted molar refractivity (Wildman–Crippen MR) is 108 cm³/mol. The van der Waals surface area contributed by atoms with Crippen LogP contribution in [0.2, 0.25) is 0 Å². The number of anilines is 2. The quantitative estimate of drug-likeness (QED) is 0.581. The molecule has 1 aromatic carbocycles. The zero-order valence-corrected chi connectivity index (χ0v) is 16.2. The molecule has 0 atom stereocenters. The first-order valence-corrected chi connectivity index (χ1v) is 10.3. The summed E-state index contributed by atoms with van der Waals surface area (Å²) in [5.74, 6) is 0. The van der Waals surface area contributed by atoms with Gasteiger partial charge in [-0.3, -0.25) is 4.31 Å². The maximum atomic E-state index is 12.8. The van der Waals surface area contributed by atoms with Crippen molar-refractivity contribution in [2.45, 2.75) is 4.21 Å². The van der Waals surface area contributed by atoms with Crippen LogP contribution in [0.5, 0.6) is 0 Å². The van der Waals surface area contributed by atoms with E-state index in [0.29, 0.717) is 9.90 Å². The van der Waals surface area contributed by atoms with Crippen molar-refractivity contribution in [3.05, 3.63) is 48.0 Å². The van der Waals surface area contributed by atoms with Gasteiger partial charge in [-0.1, -0.05) is 6.07 Å². The Balaban J connectivity index is 1.91. The number of nitrogens with one attached hydrogen (secondary N) is 1. The van der Waals surface area contributed by atoms with Gasteiger partial charge in [-0.05, 0) is 35.7 Å². The van der Waals surface area contributed by atoms with Crippen molar-refractivity contribution < 1.29 is 8.42 Å². The minimum atomic E-state index is -3.56. The Morgan fingerprint density at radius 2 is 1.92 bits per heavy atom. The molecule has 0 amide bonds. The van der Waals surface area contributed by atoms with Gasteiger partial charge >= 0.3 is 0 Å². The van der Waals surface area contributed by atoms with Crippen molar-refractivity contribution in [2.24, 2.45) is 0 Å². The summed E-state index contributed by atoms with van der Waals surface area (Å²) in [4.78, 5) is 9.74. The molecule has 1 N–H and O–H groups in total. The van der Waals surface area contributed by atoms with E-state index in [1.165, 1.54) is 15.6 Å². The number of aromatic amines is 1. The van der Waals surface area contributed by atoms with Gasteiger partial charge in [0, 0.05) is 49.3 Å². The number of hydrogen-bond acceptors (Lipinski definition) is 5. The average Bonchev–Trinajstić information content (AvgIpc) is 3.28. The summed E-state index contributed by atoms with van der Waals surface area (Å²) < 4.78 is 27.3. The molecule has 0 bridgehead atoms. The molecule has 134 valence electrons.